The van der Waals surface area contributed by atoms with E-state index in [-0.39, 0.29) is 12.6 Å². The fourth-order valence-corrected chi connectivity index (χ4v) is 3.45. The molecule has 9 heteroatoms. The molecule has 0 spiro atoms. The topological polar surface area (TPSA) is 115 Å². The average Bonchev–Trinajstić information content (AvgIpc) is 3.01. The standard InChI is InChI=1S/C18H25N7O2/c1-12(2)6-9-24-14-15(21-17(24)23-8-4-5-13(20)11-23)22(3)18(27)25(10-7-19)16(14)26/h6,13H,4-5,8-11,20H2,1-3H3. The lowest BCUT2D eigenvalue weighted by Crippen LogP contribution is -2.44. The van der Waals surface area contributed by atoms with E-state index in [0.29, 0.717) is 30.2 Å². The van der Waals surface area contributed by atoms with E-state index in [1.54, 1.807) is 7.05 Å². The summed E-state index contributed by atoms with van der Waals surface area (Å²) in [5.74, 6) is 0.638. The molecule has 2 aromatic rings. The highest BCUT2D eigenvalue weighted by atomic mass is 16.2. The predicted octanol–water partition coefficient (Wildman–Crippen LogP) is 0.314. The van der Waals surface area contributed by atoms with Gasteiger partial charge in [0.25, 0.3) is 5.56 Å². The van der Waals surface area contributed by atoms with Gasteiger partial charge in [0, 0.05) is 32.7 Å². The summed E-state index contributed by atoms with van der Waals surface area (Å²) in [6, 6.07) is 1.93. The summed E-state index contributed by atoms with van der Waals surface area (Å²) in [5, 5.41) is 9.00. The van der Waals surface area contributed by atoms with Gasteiger partial charge in [-0.1, -0.05) is 11.6 Å². The van der Waals surface area contributed by atoms with Gasteiger partial charge in [-0.3, -0.25) is 9.36 Å². The Labute approximate surface area is 156 Å². The van der Waals surface area contributed by atoms with Crippen LogP contribution in [0.25, 0.3) is 11.2 Å². The summed E-state index contributed by atoms with van der Waals surface area (Å²) in [5.41, 5.74) is 6.87. The quantitative estimate of drug-likeness (QED) is 0.774. The minimum atomic E-state index is -0.539. The number of anilines is 1. The lowest BCUT2D eigenvalue weighted by atomic mass is 10.1. The molecule has 0 amide bonds. The Balaban J connectivity index is 2.31. The molecule has 0 bridgehead atoms. The molecule has 2 aromatic heterocycles. The van der Waals surface area contributed by atoms with Crippen LogP contribution in [0.3, 0.4) is 0 Å². The molecule has 0 aliphatic carbocycles. The first kappa shape index (κ1) is 18.9. The number of aromatic nitrogens is 4. The zero-order valence-electron chi connectivity index (χ0n) is 16.0. The molecule has 1 aliphatic rings. The summed E-state index contributed by atoms with van der Waals surface area (Å²) >= 11 is 0. The summed E-state index contributed by atoms with van der Waals surface area (Å²) in [6.07, 6.45) is 3.91. The van der Waals surface area contributed by atoms with Crippen molar-refractivity contribution in [2.24, 2.45) is 12.8 Å². The number of imidazole rings is 1. The number of fused-ring (bicyclic) bond motifs is 1. The number of nitriles is 1. The Hall–Kier alpha value is -2.86. The van der Waals surface area contributed by atoms with E-state index in [1.807, 2.05) is 30.6 Å². The van der Waals surface area contributed by atoms with E-state index >= 15 is 0 Å². The van der Waals surface area contributed by atoms with Gasteiger partial charge in [0.15, 0.2) is 11.2 Å². The first-order valence-electron chi connectivity index (χ1n) is 9.06. The van der Waals surface area contributed by atoms with Gasteiger partial charge < -0.3 is 15.2 Å². The molecule has 3 heterocycles. The van der Waals surface area contributed by atoms with Gasteiger partial charge in [0.05, 0.1) is 6.07 Å². The Morgan fingerprint density at radius 2 is 2.11 bits per heavy atom. The van der Waals surface area contributed by atoms with E-state index in [0.717, 1.165) is 29.5 Å². The molecule has 2 N–H and O–H groups in total. The Kier molecular flexibility index (Phi) is 5.19. The van der Waals surface area contributed by atoms with Crippen LogP contribution in [0.5, 0.6) is 0 Å². The number of nitrogens with zero attached hydrogens (tertiary/aromatic N) is 6. The van der Waals surface area contributed by atoms with E-state index in [9.17, 15) is 9.59 Å². The second-order valence-electron chi connectivity index (χ2n) is 7.22. The third-order valence-corrected chi connectivity index (χ3v) is 4.86. The molecule has 1 unspecified atom stereocenters. The predicted molar refractivity (Wildman–Crippen MR) is 104 cm³/mol. The number of hydrogen-bond acceptors (Lipinski definition) is 6. The van der Waals surface area contributed by atoms with E-state index in [1.165, 1.54) is 4.57 Å². The van der Waals surface area contributed by atoms with Crippen molar-refractivity contribution < 1.29 is 0 Å². The molecule has 1 aliphatic heterocycles. The monoisotopic (exact) mass is 371 g/mol. The lowest BCUT2D eigenvalue weighted by molar-refractivity contribution is 0.495. The summed E-state index contributed by atoms with van der Waals surface area (Å²) < 4.78 is 4.12. The van der Waals surface area contributed by atoms with Gasteiger partial charge >= 0.3 is 5.69 Å². The second kappa shape index (κ2) is 7.40. The van der Waals surface area contributed by atoms with Crippen LogP contribution in [0.1, 0.15) is 26.7 Å². The maximum atomic E-state index is 13.0. The van der Waals surface area contributed by atoms with Gasteiger partial charge in [0.1, 0.15) is 6.54 Å². The van der Waals surface area contributed by atoms with Gasteiger partial charge in [-0.05, 0) is 26.7 Å². The number of hydrogen-bond donors (Lipinski definition) is 1. The van der Waals surface area contributed by atoms with Crippen LogP contribution in [-0.4, -0.2) is 37.8 Å². The van der Waals surface area contributed by atoms with E-state index in [2.05, 4.69) is 9.88 Å². The highest BCUT2D eigenvalue weighted by Gasteiger charge is 2.25. The highest BCUT2D eigenvalue weighted by Crippen LogP contribution is 2.23. The van der Waals surface area contributed by atoms with E-state index < -0.39 is 11.2 Å². The summed E-state index contributed by atoms with van der Waals surface area (Å²) in [6.45, 7) is 5.59. The molecule has 0 radical (unpaired) electrons. The summed E-state index contributed by atoms with van der Waals surface area (Å²) in [7, 11) is 1.57. The van der Waals surface area contributed by atoms with Crippen LogP contribution in [0.4, 0.5) is 5.95 Å². The number of aryl methyl sites for hydroxylation is 1. The van der Waals surface area contributed by atoms with Crippen LogP contribution in [0.2, 0.25) is 0 Å². The van der Waals surface area contributed by atoms with Crippen LogP contribution in [-0.2, 0) is 20.1 Å². The van der Waals surface area contributed by atoms with Crippen molar-refractivity contribution in [1.82, 2.24) is 18.7 Å². The zero-order chi connectivity index (χ0) is 19.7. The normalized spacial score (nSPS) is 17.1. The average molecular weight is 371 g/mol. The molecule has 1 atom stereocenters. The van der Waals surface area contributed by atoms with Crippen molar-refractivity contribution in [2.45, 2.75) is 45.8 Å². The van der Waals surface area contributed by atoms with Crippen molar-refractivity contribution in [1.29, 1.82) is 5.26 Å². The van der Waals surface area contributed by atoms with Crippen LogP contribution in [0.15, 0.2) is 21.2 Å². The molecule has 1 saturated heterocycles. The lowest BCUT2D eigenvalue weighted by Gasteiger charge is -2.31. The van der Waals surface area contributed by atoms with Crippen molar-refractivity contribution in [3.8, 4) is 6.07 Å². The molecule has 9 nitrogen and oxygen atoms in total. The minimum Gasteiger partial charge on any atom is -0.341 e. The fourth-order valence-electron chi connectivity index (χ4n) is 3.45. The Morgan fingerprint density at radius 3 is 2.74 bits per heavy atom. The Bertz CT molecular complexity index is 1050. The maximum absolute atomic E-state index is 13.0. The van der Waals surface area contributed by atoms with Crippen molar-refractivity contribution >= 4 is 17.1 Å². The fraction of sp³-hybridized carbons (Fsp3) is 0.556. The molecule has 3 rings (SSSR count). The molecule has 27 heavy (non-hydrogen) atoms. The second-order valence-corrected chi connectivity index (χ2v) is 7.22. The molecular formula is C18H25N7O2. The highest BCUT2D eigenvalue weighted by molar-refractivity contribution is 5.74. The maximum Gasteiger partial charge on any atom is 0.333 e. The number of piperidine rings is 1. The van der Waals surface area contributed by atoms with Crippen LogP contribution in [0, 0.1) is 11.3 Å². The molecule has 0 aromatic carbocycles. The summed E-state index contributed by atoms with van der Waals surface area (Å²) in [4.78, 5) is 32.2. The smallest absolute Gasteiger partial charge is 0.333 e. The molecule has 0 saturated carbocycles. The third kappa shape index (κ3) is 3.40. The number of nitrogens with two attached hydrogens (primary N) is 1. The van der Waals surface area contributed by atoms with Crippen molar-refractivity contribution in [3.05, 3.63) is 32.5 Å². The minimum absolute atomic E-state index is 0.0505. The molecule has 144 valence electrons. The van der Waals surface area contributed by atoms with Gasteiger partial charge in [-0.2, -0.15) is 10.2 Å². The van der Waals surface area contributed by atoms with Crippen molar-refractivity contribution in [3.63, 3.8) is 0 Å². The SMILES string of the molecule is CC(C)=CCn1c(N2CCCC(N)C2)nc2c1c(=O)n(CC#N)c(=O)n2C. The number of allylic oxidation sites excluding steroid dienone is 2. The third-order valence-electron chi connectivity index (χ3n) is 4.86. The van der Waals surface area contributed by atoms with Crippen LogP contribution < -0.4 is 21.9 Å². The number of rotatable bonds is 4. The molecular weight excluding hydrogens is 346 g/mol. The van der Waals surface area contributed by atoms with Crippen molar-refractivity contribution in [2.75, 3.05) is 18.0 Å². The first-order chi connectivity index (χ1) is 12.8. The van der Waals surface area contributed by atoms with Gasteiger partial charge in [0.2, 0.25) is 5.95 Å². The first-order valence-corrected chi connectivity index (χ1v) is 9.06. The van der Waals surface area contributed by atoms with Gasteiger partial charge in [-0.15, -0.1) is 0 Å². The van der Waals surface area contributed by atoms with E-state index in [4.69, 9.17) is 11.0 Å². The zero-order valence-corrected chi connectivity index (χ0v) is 16.0. The van der Waals surface area contributed by atoms with Gasteiger partial charge in [-0.25, -0.2) is 9.36 Å². The Morgan fingerprint density at radius 1 is 1.37 bits per heavy atom. The van der Waals surface area contributed by atoms with Crippen LogP contribution >= 0.6 is 0 Å². The largest absolute Gasteiger partial charge is 0.341 e. The molecule has 1 fully saturated rings.